The van der Waals surface area contributed by atoms with Crippen molar-refractivity contribution < 1.29 is 4.42 Å². The predicted octanol–water partition coefficient (Wildman–Crippen LogP) is 13.2. The van der Waals surface area contributed by atoms with Crippen molar-refractivity contribution >= 4 is 49.8 Å². The first kappa shape index (κ1) is 27.9. The van der Waals surface area contributed by atoms with Crippen LogP contribution in [0.5, 0.6) is 0 Å². The quantitative estimate of drug-likeness (QED) is 0.185. The molecule has 0 aliphatic rings. The summed E-state index contributed by atoms with van der Waals surface area (Å²) in [7, 11) is 0. The van der Waals surface area contributed by atoms with Crippen LogP contribution in [-0.2, 0) is 0 Å². The zero-order valence-corrected chi connectivity index (χ0v) is 26.3. The summed E-state index contributed by atoms with van der Waals surface area (Å²) in [6, 6.07) is 66.9. The molecule has 9 aromatic rings. The summed E-state index contributed by atoms with van der Waals surface area (Å²) in [6.07, 6.45) is 0. The highest BCUT2D eigenvalue weighted by Crippen LogP contribution is 2.41. The van der Waals surface area contributed by atoms with Crippen molar-refractivity contribution in [2.45, 2.75) is 0 Å². The van der Waals surface area contributed by atoms with E-state index in [1.807, 2.05) is 12.1 Å². The van der Waals surface area contributed by atoms with Crippen LogP contribution in [-0.4, -0.2) is 0 Å². The molecule has 48 heavy (non-hydrogen) atoms. The summed E-state index contributed by atoms with van der Waals surface area (Å²) in [5.41, 5.74) is 12.2. The number of anilines is 3. The summed E-state index contributed by atoms with van der Waals surface area (Å²) < 4.78 is 6.37. The molecule has 8 aromatic carbocycles. The fraction of sp³-hybridized carbons (Fsp3) is 0. The van der Waals surface area contributed by atoms with Crippen LogP contribution in [0.1, 0.15) is 0 Å². The molecule has 1 aromatic heterocycles. The summed E-state index contributed by atoms with van der Waals surface area (Å²) in [4.78, 5) is 2.36. The first-order chi connectivity index (χ1) is 23.8. The van der Waals surface area contributed by atoms with Gasteiger partial charge in [0.2, 0.25) is 0 Å². The Morgan fingerprint density at radius 1 is 0.333 bits per heavy atom. The highest BCUT2D eigenvalue weighted by molar-refractivity contribution is 6.09. The lowest BCUT2D eigenvalue weighted by atomic mass is 9.99. The van der Waals surface area contributed by atoms with Gasteiger partial charge in [0.25, 0.3) is 0 Å². The first-order valence-electron chi connectivity index (χ1n) is 16.3. The molecule has 0 aliphatic heterocycles. The first-order valence-corrected chi connectivity index (χ1v) is 16.3. The molecule has 0 aliphatic carbocycles. The van der Waals surface area contributed by atoms with Gasteiger partial charge in [0.1, 0.15) is 11.2 Å². The highest BCUT2D eigenvalue weighted by Gasteiger charge is 2.17. The average Bonchev–Trinajstić information content (AvgIpc) is 3.55. The number of rotatable bonds is 6. The van der Waals surface area contributed by atoms with Gasteiger partial charge in [-0.3, -0.25) is 0 Å². The third-order valence-corrected chi connectivity index (χ3v) is 9.30. The van der Waals surface area contributed by atoms with E-state index in [0.29, 0.717) is 0 Å². The number of nitrogens with zero attached hydrogens (tertiary/aromatic N) is 1. The van der Waals surface area contributed by atoms with Gasteiger partial charge in [-0.05, 0) is 69.6 Å². The number of hydrogen-bond acceptors (Lipinski definition) is 2. The second-order valence-corrected chi connectivity index (χ2v) is 12.2. The van der Waals surface area contributed by atoms with Gasteiger partial charge < -0.3 is 9.32 Å². The molecule has 0 atom stereocenters. The molecule has 226 valence electrons. The van der Waals surface area contributed by atoms with Gasteiger partial charge >= 0.3 is 0 Å². The topological polar surface area (TPSA) is 16.4 Å². The maximum atomic E-state index is 6.37. The lowest BCUT2D eigenvalue weighted by molar-refractivity contribution is 0.670. The lowest BCUT2D eigenvalue weighted by Gasteiger charge is -2.27. The number of benzene rings is 8. The summed E-state index contributed by atoms with van der Waals surface area (Å²) in [5.74, 6) is 0. The summed E-state index contributed by atoms with van der Waals surface area (Å²) in [6.45, 7) is 0. The van der Waals surface area contributed by atoms with Crippen molar-refractivity contribution in [1.29, 1.82) is 0 Å². The van der Waals surface area contributed by atoms with Gasteiger partial charge in [-0.15, -0.1) is 0 Å². The normalized spacial score (nSPS) is 11.3. The monoisotopic (exact) mass is 613 g/mol. The van der Waals surface area contributed by atoms with Crippen molar-refractivity contribution in [3.05, 3.63) is 188 Å². The molecule has 0 saturated carbocycles. The molecule has 0 saturated heterocycles. The third-order valence-electron chi connectivity index (χ3n) is 9.30. The molecule has 0 N–H and O–H groups in total. The van der Waals surface area contributed by atoms with Crippen LogP contribution in [0.3, 0.4) is 0 Å². The average molecular weight is 614 g/mol. The Balaban J connectivity index is 1.11. The van der Waals surface area contributed by atoms with E-state index in [4.69, 9.17) is 4.42 Å². The van der Waals surface area contributed by atoms with Crippen molar-refractivity contribution in [3.63, 3.8) is 0 Å². The van der Waals surface area contributed by atoms with E-state index < -0.39 is 0 Å². The third kappa shape index (κ3) is 4.92. The molecule has 9 rings (SSSR count). The van der Waals surface area contributed by atoms with Gasteiger partial charge in [0.05, 0.1) is 5.69 Å². The molecule has 1 heterocycles. The maximum Gasteiger partial charge on any atom is 0.143 e. The Morgan fingerprint density at radius 2 is 0.833 bits per heavy atom. The Hall–Kier alpha value is -6.38. The zero-order chi connectivity index (χ0) is 31.9. The van der Waals surface area contributed by atoms with Crippen molar-refractivity contribution in [2.24, 2.45) is 0 Å². The van der Waals surface area contributed by atoms with Crippen LogP contribution in [0.2, 0.25) is 0 Å². The van der Waals surface area contributed by atoms with Crippen LogP contribution >= 0.6 is 0 Å². The predicted molar refractivity (Wildman–Crippen MR) is 202 cm³/mol. The van der Waals surface area contributed by atoms with E-state index in [1.165, 1.54) is 33.0 Å². The van der Waals surface area contributed by atoms with Gasteiger partial charge in [0, 0.05) is 33.1 Å². The molecule has 0 unspecified atom stereocenters. The van der Waals surface area contributed by atoms with E-state index in [2.05, 4.69) is 181 Å². The Bertz CT molecular complexity index is 2520. The fourth-order valence-electron chi connectivity index (χ4n) is 6.88. The Morgan fingerprint density at radius 3 is 1.54 bits per heavy atom. The van der Waals surface area contributed by atoms with E-state index >= 15 is 0 Å². The van der Waals surface area contributed by atoms with Crippen LogP contribution in [0.4, 0.5) is 17.1 Å². The smallest absolute Gasteiger partial charge is 0.143 e. The van der Waals surface area contributed by atoms with Crippen LogP contribution in [0.15, 0.2) is 192 Å². The molecular formula is C46H31NO. The van der Waals surface area contributed by atoms with Crippen LogP contribution in [0.25, 0.3) is 66.1 Å². The molecule has 0 fully saturated rings. The molecule has 0 amide bonds. The van der Waals surface area contributed by atoms with E-state index in [1.54, 1.807) is 0 Å². The maximum absolute atomic E-state index is 6.37. The SMILES string of the molecule is c1ccc(-c2ccc(-c3ccc(N(c4ccc(-c5cccc6c5oc5ccccc56)cc4)c4cccc5ccccc45)cc3)cc2)cc1. The number of furan rings is 1. The van der Waals surface area contributed by atoms with E-state index in [-0.39, 0.29) is 0 Å². The Labute approximate surface area is 279 Å². The minimum Gasteiger partial charge on any atom is -0.455 e. The molecule has 0 radical (unpaired) electrons. The largest absolute Gasteiger partial charge is 0.455 e. The Kier molecular flexibility index (Phi) is 6.84. The van der Waals surface area contributed by atoms with Gasteiger partial charge in [-0.1, -0.05) is 152 Å². The highest BCUT2D eigenvalue weighted by atomic mass is 16.3. The van der Waals surface area contributed by atoms with Crippen molar-refractivity contribution in [3.8, 4) is 33.4 Å². The van der Waals surface area contributed by atoms with Crippen molar-refractivity contribution in [2.75, 3.05) is 4.90 Å². The molecule has 2 heteroatoms. The minimum absolute atomic E-state index is 0.911. The van der Waals surface area contributed by atoms with E-state index in [0.717, 1.165) is 50.1 Å². The van der Waals surface area contributed by atoms with Crippen LogP contribution < -0.4 is 4.90 Å². The fourth-order valence-corrected chi connectivity index (χ4v) is 6.88. The molecule has 0 bridgehead atoms. The van der Waals surface area contributed by atoms with Gasteiger partial charge in [-0.25, -0.2) is 0 Å². The second-order valence-electron chi connectivity index (χ2n) is 12.2. The summed E-state index contributed by atoms with van der Waals surface area (Å²) >= 11 is 0. The minimum atomic E-state index is 0.911. The van der Waals surface area contributed by atoms with Gasteiger partial charge in [0.15, 0.2) is 0 Å². The number of fused-ring (bicyclic) bond motifs is 4. The van der Waals surface area contributed by atoms with Crippen LogP contribution in [0, 0.1) is 0 Å². The van der Waals surface area contributed by atoms with Gasteiger partial charge in [-0.2, -0.15) is 0 Å². The lowest BCUT2D eigenvalue weighted by Crippen LogP contribution is -2.10. The standard InChI is InChI=1S/C46H31NO/c1-2-10-32(11-3-1)33-20-22-34(23-21-33)35-24-28-38(29-25-35)47(44-18-8-13-36-12-4-5-14-40(36)44)39-30-26-37(27-31-39)41-16-9-17-43-42-15-6-7-19-45(42)48-46(41)43/h1-31H. The number of hydrogen-bond donors (Lipinski definition) is 0. The van der Waals surface area contributed by atoms with Crippen molar-refractivity contribution in [1.82, 2.24) is 0 Å². The summed E-state index contributed by atoms with van der Waals surface area (Å²) in [5, 5.41) is 4.70. The number of para-hydroxylation sites is 2. The molecule has 2 nitrogen and oxygen atoms in total. The second kappa shape index (κ2) is 11.8. The molecule has 0 spiro atoms. The molecular weight excluding hydrogens is 583 g/mol. The zero-order valence-electron chi connectivity index (χ0n) is 26.3. The van der Waals surface area contributed by atoms with E-state index in [9.17, 15) is 0 Å².